The van der Waals surface area contributed by atoms with Crippen LogP contribution in [0.4, 0.5) is 4.39 Å². The first-order valence-electron chi connectivity index (χ1n) is 10.0. The molecular weight excluding hydrogens is 397 g/mol. The number of aromatic nitrogens is 2. The Morgan fingerprint density at radius 3 is 2.58 bits per heavy atom. The van der Waals surface area contributed by atoms with Gasteiger partial charge in [-0.2, -0.15) is 5.10 Å². The third kappa shape index (κ3) is 5.75. The largest absolute Gasteiger partial charge is 0.497 e. The van der Waals surface area contributed by atoms with Crippen molar-refractivity contribution < 1.29 is 13.9 Å². The summed E-state index contributed by atoms with van der Waals surface area (Å²) < 4.78 is 25.6. The molecule has 0 radical (unpaired) electrons. The third-order valence-corrected chi connectivity index (χ3v) is 4.89. The highest BCUT2D eigenvalue weighted by Gasteiger charge is 2.14. The molecule has 31 heavy (non-hydrogen) atoms. The highest BCUT2D eigenvalue weighted by atomic mass is 19.1. The minimum Gasteiger partial charge on any atom is -0.497 e. The van der Waals surface area contributed by atoms with Crippen molar-refractivity contribution in [1.82, 2.24) is 20.4 Å². The minimum atomic E-state index is -0.264. The van der Waals surface area contributed by atoms with E-state index in [2.05, 4.69) is 20.7 Å². The number of guanidine groups is 1. The number of benzene rings is 2. The van der Waals surface area contributed by atoms with Crippen LogP contribution in [0.1, 0.15) is 24.2 Å². The van der Waals surface area contributed by atoms with Crippen molar-refractivity contribution >= 4 is 5.96 Å². The Hall–Kier alpha value is -3.55. The van der Waals surface area contributed by atoms with E-state index >= 15 is 0 Å². The van der Waals surface area contributed by atoms with Crippen molar-refractivity contribution in [2.75, 3.05) is 27.8 Å². The van der Waals surface area contributed by atoms with Crippen LogP contribution in [0.2, 0.25) is 0 Å². The molecule has 0 aliphatic rings. The highest BCUT2D eigenvalue weighted by molar-refractivity contribution is 5.80. The summed E-state index contributed by atoms with van der Waals surface area (Å²) in [6.45, 7) is 2.69. The van der Waals surface area contributed by atoms with Gasteiger partial charge in [-0.3, -0.25) is 4.99 Å². The van der Waals surface area contributed by atoms with Crippen molar-refractivity contribution in [2.24, 2.45) is 4.99 Å². The van der Waals surface area contributed by atoms with Crippen LogP contribution in [0.25, 0.3) is 5.69 Å². The van der Waals surface area contributed by atoms with Crippen LogP contribution in [-0.4, -0.2) is 43.6 Å². The lowest BCUT2D eigenvalue weighted by Gasteiger charge is -2.20. The van der Waals surface area contributed by atoms with Crippen molar-refractivity contribution in [3.8, 4) is 17.2 Å². The van der Waals surface area contributed by atoms with E-state index in [1.54, 1.807) is 38.1 Å². The summed E-state index contributed by atoms with van der Waals surface area (Å²) in [6.07, 6.45) is 2.58. The average molecular weight is 426 g/mol. The fourth-order valence-corrected chi connectivity index (χ4v) is 3.20. The molecule has 0 saturated carbocycles. The maximum Gasteiger partial charge on any atom is 0.191 e. The molecule has 3 rings (SSSR count). The van der Waals surface area contributed by atoms with Gasteiger partial charge >= 0.3 is 0 Å². The number of hydrogen-bond donors (Lipinski definition) is 2. The number of ether oxygens (including phenoxy) is 2. The number of rotatable bonds is 8. The van der Waals surface area contributed by atoms with Crippen LogP contribution >= 0.6 is 0 Å². The van der Waals surface area contributed by atoms with Crippen molar-refractivity contribution in [3.63, 3.8) is 0 Å². The van der Waals surface area contributed by atoms with Crippen LogP contribution in [0.3, 0.4) is 0 Å². The first kappa shape index (κ1) is 22.1. The molecule has 0 bridgehead atoms. The maximum absolute atomic E-state index is 13.1. The molecule has 1 atom stereocenters. The standard InChI is InChI=1S/C23H28FN5O2/c1-16(21-15-20(30-3)9-10-22(21)31-4)27-23(25-2)26-13-11-18-12-14-29(28-18)19-7-5-17(24)6-8-19/h5-10,12,14-16H,11,13H2,1-4H3,(H2,25,26,27). The molecule has 0 aliphatic carbocycles. The summed E-state index contributed by atoms with van der Waals surface area (Å²) >= 11 is 0. The third-order valence-electron chi connectivity index (χ3n) is 4.89. The zero-order valence-corrected chi connectivity index (χ0v) is 18.2. The summed E-state index contributed by atoms with van der Waals surface area (Å²) in [7, 11) is 5.02. The smallest absolute Gasteiger partial charge is 0.191 e. The molecule has 0 saturated heterocycles. The van der Waals surface area contributed by atoms with Crippen LogP contribution in [-0.2, 0) is 6.42 Å². The number of methoxy groups -OCH3 is 2. The Morgan fingerprint density at radius 2 is 1.90 bits per heavy atom. The van der Waals surface area contributed by atoms with E-state index in [0.717, 1.165) is 28.4 Å². The zero-order valence-electron chi connectivity index (χ0n) is 18.2. The van der Waals surface area contributed by atoms with E-state index in [9.17, 15) is 4.39 Å². The summed E-state index contributed by atoms with van der Waals surface area (Å²) in [5, 5.41) is 11.2. The second-order valence-electron chi connectivity index (χ2n) is 6.95. The van der Waals surface area contributed by atoms with Gasteiger partial charge in [0.05, 0.1) is 31.6 Å². The Kier molecular flexibility index (Phi) is 7.48. The maximum atomic E-state index is 13.1. The molecule has 2 aromatic carbocycles. The van der Waals surface area contributed by atoms with E-state index in [4.69, 9.17) is 9.47 Å². The molecule has 2 N–H and O–H groups in total. The van der Waals surface area contributed by atoms with Gasteiger partial charge in [-0.05, 0) is 55.5 Å². The summed E-state index contributed by atoms with van der Waals surface area (Å²) in [6, 6.07) is 13.9. The van der Waals surface area contributed by atoms with Gasteiger partial charge in [0.15, 0.2) is 5.96 Å². The summed E-state index contributed by atoms with van der Waals surface area (Å²) in [4.78, 5) is 4.31. The van der Waals surface area contributed by atoms with E-state index < -0.39 is 0 Å². The van der Waals surface area contributed by atoms with E-state index in [1.807, 2.05) is 37.4 Å². The number of nitrogens with zero attached hydrogens (tertiary/aromatic N) is 3. The van der Waals surface area contributed by atoms with Gasteiger partial charge < -0.3 is 20.1 Å². The zero-order chi connectivity index (χ0) is 22.2. The van der Waals surface area contributed by atoms with Crippen molar-refractivity contribution in [2.45, 2.75) is 19.4 Å². The van der Waals surface area contributed by atoms with Crippen LogP contribution in [0.15, 0.2) is 59.7 Å². The molecule has 0 aliphatic heterocycles. The fourth-order valence-electron chi connectivity index (χ4n) is 3.20. The Morgan fingerprint density at radius 1 is 1.13 bits per heavy atom. The second-order valence-corrected chi connectivity index (χ2v) is 6.95. The van der Waals surface area contributed by atoms with Crippen LogP contribution in [0, 0.1) is 5.82 Å². The van der Waals surface area contributed by atoms with Crippen LogP contribution < -0.4 is 20.1 Å². The first-order valence-corrected chi connectivity index (χ1v) is 10.0. The fraction of sp³-hybridized carbons (Fsp3) is 0.304. The molecule has 164 valence electrons. The Bertz CT molecular complexity index is 1020. The van der Waals surface area contributed by atoms with Gasteiger partial charge in [0.25, 0.3) is 0 Å². The normalized spacial score (nSPS) is 12.4. The van der Waals surface area contributed by atoms with Gasteiger partial charge in [-0.15, -0.1) is 0 Å². The number of aliphatic imine (C=N–C) groups is 1. The lowest BCUT2D eigenvalue weighted by molar-refractivity contribution is 0.394. The molecule has 1 aromatic heterocycles. The highest BCUT2D eigenvalue weighted by Crippen LogP contribution is 2.29. The average Bonchev–Trinajstić information content (AvgIpc) is 3.27. The quantitative estimate of drug-likeness (QED) is 0.427. The number of hydrogen-bond acceptors (Lipinski definition) is 4. The molecule has 0 amide bonds. The lowest BCUT2D eigenvalue weighted by Crippen LogP contribution is -2.39. The first-order chi connectivity index (χ1) is 15.0. The number of halogens is 1. The topological polar surface area (TPSA) is 72.7 Å². The predicted octanol–water partition coefficient (Wildman–Crippen LogP) is 3.50. The monoisotopic (exact) mass is 425 g/mol. The summed E-state index contributed by atoms with van der Waals surface area (Å²) in [5.74, 6) is 1.96. The molecule has 8 heteroatoms. The number of nitrogens with one attached hydrogen (secondary N) is 2. The Balaban J connectivity index is 1.56. The predicted molar refractivity (Wildman–Crippen MR) is 120 cm³/mol. The van der Waals surface area contributed by atoms with Crippen molar-refractivity contribution in [3.05, 3.63) is 71.8 Å². The second kappa shape index (κ2) is 10.5. The van der Waals surface area contributed by atoms with Crippen molar-refractivity contribution in [1.29, 1.82) is 0 Å². The molecule has 7 nitrogen and oxygen atoms in total. The van der Waals surface area contributed by atoms with Gasteiger partial charge in [-0.25, -0.2) is 9.07 Å². The Labute approximate surface area is 181 Å². The molecule has 0 spiro atoms. The van der Waals surface area contributed by atoms with E-state index in [0.29, 0.717) is 18.9 Å². The lowest BCUT2D eigenvalue weighted by atomic mass is 10.1. The van der Waals surface area contributed by atoms with Crippen LogP contribution in [0.5, 0.6) is 11.5 Å². The van der Waals surface area contributed by atoms with E-state index in [-0.39, 0.29) is 11.9 Å². The molecule has 1 heterocycles. The van der Waals surface area contributed by atoms with Gasteiger partial charge in [-0.1, -0.05) is 0 Å². The molecular formula is C23H28FN5O2. The van der Waals surface area contributed by atoms with E-state index in [1.165, 1.54) is 12.1 Å². The summed E-state index contributed by atoms with van der Waals surface area (Å²) in [5.41, 5.74) is 2.72. The molecule has 3 aromatic rings. The van der Waals surface area contributed by atoms with Gasteiger partial charge in [0.1, 0.15) is 17.3 Å². The van der Waals surface area contributed by atoms with Gasteiger partial charge in [0.2, 0.25) is 0 Å². The van der Waals surface area contributed by atoms with Gasteiger partial charge in [0, 0.05) is 31.8 Å². The minimum absolute atomic E-state index is 0.0473. The molecule has 1 unspecified atom stereocenters. The molecule has 0 fully saturated rings. The SMILES string of the molecule is CN=C(NCCc1ccn(-c2ccc(F)cc2)n1)NC(C)c1cc(OC)ccc1OC.